The largest absolute Gasteiger partial charge is 0.206 e. The van der Waals surface area contributed by atoms with Gasteiger partial charge in [-0.15, -0.1) is 0 Å². The molecule has 0 saturated heterocycles. The first-order chi connectivity index (χ1) is 6.20. The molecule has 0 nitrogen and oxygen atoms in total. The van der Waals surface area contributed by atoms with Crippen LogP contribution in [-0.2, 0) is 0 Å². The van der Waals surface area contributed by atoms with E-state index in [1.807, 2.05) is 19.9 Å². The molecular formula is C11H12ClF. The molecule has 0 aliphatic heterocycles. The van der Waals surface area contributed by atoms with Crippen molar-refractivity contribution in [1.82, 2.24) is 0 Å². The Morgan fingerprint density at radius 3 is 2.69 bits per heavy atom. The molecule has 0 aromatic heterocycles. The molecule has 0 atom stereocenters. The molecule has 0 aliphatic rings. The Kier molecular flexibility index (Phi) is 3.49. The Morgan fingerprint density at radius 2 is 2.23 bits per heavy atom. The second-order valence-corrected chi connectivity index (χ2v) is 3.17. The monoisotopic (exact) mass is 198 g/mol. The van der Waals surface area contributed by atoms with E-state index in [1.165, 1.54) is 6.07 Å². The van der Waals surface area contributed by atoms with Gasteiger partial charge in [-0.05, 0) is 31.1 Å². The molecule has 0 spiro atoms. The fraction of sp³-hybridized carbons (Fsp3) is 0.273. The summed E-state index contributed by atoms with van der Waals surface area (Å²) in [6.45, 7) is 3.87. The maximum atomic E-state index is 13.3. The molecule has 1 rings (SSSR count). The fourth-order valence-electron chi connectivity index (χ4n) is 1.33. The van der Waals surface area contributed by atoms with E-state index in [9.17, 15) is 4.39 Å². The van der Waals surface area contributed by atoms with Crippen LogP contribution in [0.4, 0.5) is 4.39 Å². The van der Waals surface area contributed by atoms with Crippen LogP contribution in [0.25, 0.3) is 5.57 Å². The Morgan fingerprint density at radius 1 is 1.54 bits per heavy atom. The van der Waals surface area contributed by atoms with E-state index in [-0.39, 0.29) is 5.82 Å². The average Bonchev–Trinajstić information content (AvgIpc) is 2.11. The van der Waals surface area contributed by atoms with Crippen LogP contribution in [0.2, 0.25) is 5.02 Å². The van der Waals surface area contributed by atoms with Crippen molar-refractivity contribution in [3.8, 4) is 0 Å². The second kappa shape index (κ2) is 4.43. The van der Waals surface area contributed by atoms with Crippen LogP contribution >= 0.6 is 11.6 Å². The zero-order chi connectivity index (χ0) is 9.84. The molecule has 1 aromatic carbocycles. The van der Waals surface area contributed by atoms with E-state index in [4.69, 9.17) is 11.6 Å². The Hall–Kier alpha value is -0.820. The highest BCUT2D eigenvalue weighted by molar-refractivity contribution is 6.32. The molecule has 13 heavy (non-hydrogen) atoms. The molecule has 1 aromatic rings. The van der Waals surface area contributed by atoms with E-state index < -0.39 is 0 Å². The lowest BCUT2D eigenvalue weighted by Gasteiger charge is -2.07. The SMILES string of the molecule is CC=C(CC)c1c(F)cccc1Cl. The summed E-state index contributed by atoms with van der Waals surface area (Å²) in [6, 6.07) is 4.75. The summed E-state index contributed by atoms with van der Waals surface area (Å²) in [5, 5.41) is 0.481. The summed E-state index contributed by atoms with van der Waals surface area (Å²) < 4.78 is 13.3. The van der Waals surface area contributed by atoms with Crippen LogP contribution in [0.1, 0.15) is 25.8 Å². The van der Waals surface area contributed by atoms with Crippen molar-refractivity contribution >= 4 is 17.2 Å². The lowest BCUT2D eigenvalue weighted by Crippen LogP contribution is -1.89. The molecule has 0 heterocycles. The number of benzene rings is 1. The summed E-state index contributed by atoms with van der Waals surface area (Å²) in [7, 11) is 0. The van der Waals surface area contributed by atoms with Crippen LogP contribution in [0, 0.1) is 5.82 Å². The molecule has 70 valence electrons. The zero-order valence-corrected chi connectivity index (χ0v) is 8.53. The van der Waals surface area contributed by atoms with Crippen molar-refractivity contribution in [3.05, 3.63) is 40.7 Å². The number of hydrogen-bond donors (Lipinski definition) is 0. The topological polar surface area (TPSA) is 0 Å². The van der Waals surface area contributed by atoms with Gasteiger partial charge in [-0.3, -0.25) is 0 Å². The van der Waals surface area contributed by atoms with Crippen molar-refractivity contribution in [2.24, 2.45) is 0 Å². The van der Waals surface area contributed by atoms with Crippen LogP contribution in [0.15, 0.2) is 24.3 Å². The van der Waals surface area contributed by atoms with Crippen molar-refractivity contribution in [1.29, 1.82) is 0 Å². The number of allylic oxidation sites excluding steroid dienone is 2. The van der Waals surface area contributed by atoms with Gasteiger partial charge in [-0.25, -0.2) is 4.39 Å². The minimum atomic E-state index is -0.248. The van der Waals surface area contributed by atoms with Crippen molar-refractivity contribution in [2.75, 3.05) is 0 Å². The predicted octanol–water partition coefficient (Wildman–Crippen LogP) is 4.29. The zero-order valence-electron chi connectivity index (χ0n) is 7.77. The third kappa shape index (κ3) is 2.10. The first kappa shape index (κ1) is 10.3. The number of halogens is 2. The average molecular weight is 199 g/mol. The van der Waals surface area contributed by atoms with Crippen LogP contribution in [0.5, 0.6) is 0 Å². The number of hydrogen-bond acceptors (Lipinski definition) is 0. The summed E-state index contributed by atoms with van der Waals surface area (Å²) in [4.78, 5) is 0. The Labute approximate surface area is 83.0 Å². The van der Waals surface area contributed by atoms with Gasteiger partial charge < -0.3 is 0 Å². The quantitative estimate of drug-likeness (QED) is 0.665. The molecule has 0 radical (unpaired) electrons. The van der Waals surface area contributed by atoms with E-state index in [1.54, 1.807) is 12.1 Å². The summed E-state index contributed by atoms with van der Waals surface area (Å²) in [5.41, 5.74) is 1.48. The highest BCUT2D eigenvalue weighted by Gasteiger charge is 2.09. The standard InChI is InChI=1S/C11H12ClF/c1-3-8(4-2)11-9(12)6-5-7-10(11)13/h3,5-7H,4H2,1-2H3. The molecule has 0 unspecified atom stereocenters. The summed E-state index contributed by atoms with van der Waals surface area (Å²) in [6.07, 6.45) is 2.68. The second-order valence-electron chi connectivity index (χ2n) is 2.76. The van der Waals surface area contributed by atoms with Crippen LogP contribution in [0.3, 0.4) is 0 Å². The number of rotatable bonds is 2. The molecule has 0 bridgehead atoms. The minimum absolute atomic E-state index is 0.248. The van der Waals surface area contributed by atoms with Crippen molar-refractivity contribution in [2.45, 2.75) is 20.3 Å². The lowest BCUT2D eigenvalue weighted by molar-refractivity contribution is 0.623. The van der Waals surface area contributed by atoms with Crippen LogP contribution < -0.4 is 0 Å². The highest BCUT2D eigenvalue weighted by Crippen LogP contribution is 2.28. The molecule has 0 saturated carbocycles. The highest BCUT2D eigenvalue weighted by atomic mass is 35.5. The molecule has 0 amide bonds. The van der Waals surface area contributed by atoms with E-state index in [0.717, 1.165) is 12.0 Å². The van der Waals surface area contributed by atoms with E-state index >= 15 is 0 Å². The van der Waals surface area contributed by atoms with E-state index in [0.29, 0.717) is 10.6 Å². The van der Waals surface area contributed by atoms with Gasteiger partial charge in [0.05, 0.1) is 5.02 Å². The maximum absolute atomic E-state index is 13.3. The van der Waals surface area contributed by atoms with Gasteiger partial charge in [-0.2, -0.15) is 0 Å². The molecule has 2 heteroatoms. The van der Waals surface area contributed by atoms with Gasteiger partial charge in [0.15, 0.2) is 0 Å². The molecule has 0 fully saturated rings. The third-order valence-corrected chi connectivity index (χ3v) is 2.33. The van der Waals surface area contributed by atoms with Gasteiger partial charge in [0.1, 0.15) is 5.82 Å². The summed E-state index contributed by atoms with van der Waals surface area (Å²) >= 11 is 5.90. The Bertz CT molecular complexity index is 309. The predicted molar refractivity (Wildman–Crippen MR) is 55.4 cm³/mol. The lowest BCUT2D eigenvalue weighted by atomic mass is 10.0. The first-order valence-corrected chi connectivity index (χ1v) is 4.68. The summed E-state index contributed by atoms with van der Waals surface area (Å²) in [5.74, 6) is -0.248. The molecule has 0 aliphatic carbocycles. The minimum Gasteiger partial charge on any atom is -0.206 e. The van der Waals surface area contributed by atoms with Gasteiger partial charge in [0.2, 0.25) is 0 Å². The Balaban J connectivity index is 3.27. The van der Waals surface area contributed by atoms with E-state index in [2.05, 4.69) is 0 Å². The first-order valence-electron chi connectivity index (χ1n) is 4.30. The molecule has 0 N–H and O–H groups in total. The van der Waals surface area contributed by atoms with Gasteiger partial charge in [0, 0.05) is 5.56 Å². The van der Waals surface area contributed by atoms with Gasteiger partial charge >= 0.3 is 0 Å². The fourth-order valence-corrected chi connectivity index (χ4v) is 1.61. The van der Waals surface area contributed by atoms with Gasteiger partial charge in [-0.1, -0.05) is 30.7 Å². The maximum Gasteiger partial charge on any atom is 0.132 e. The molecular weight excluding hydrogens is 187 g/mol. The van der Waals surface area contributed by atoms with Crippen LogP contribution in [-0.4, -0.2) is 0 Å². The van der Waals surface area contributed by atoms with Crippen molar-refractivity contribution in [3.63, 3.8) is 0 Å². The normalized spacial score (nSPS) is 11.8. The smallest absolute Gasteiger partial charge is 0.132 e. The van der Waals surface area contributed by atoms with Gasteiger partial charge in [0.25, 0.3) is 0 Å². The van der Waals surface area contributed by atoms with Crippen molar-refractivity contribution < 1.29 is 4.39 Å². The third-order valence-electron chi connectivity index (χ3n) is 2.01.